The molecule has 1 atom stereocenters. The molecule has 0 aliphatic heterocycles. The highest BCUT2D eigenvalue weighted by atomic mass is 35.5. The van der Waals surface area contributed by atoms with Gasteiger partial charge in [-0.05, 0) is 56.5 Å². The Morgan fingerprint density at radius 2 is 1.87 bits per heavy atom. The van der Waals surface area contributed by atoms with Crippen LogP contribution in [0.15, 0.2) is 47.6 Å². The summed E-state index contributed by atoms with van der Waals surface area (Å²) in [6, 6.07) is 13.3. The monoisotopic (exact) mass is 464 g/mol. The molecule has 0 saturated carbocycles. The second-order valence-corrected chi connectivity index (χ2v) is 10.5. The molecule has 30 heavy (non-hydrogen) atoms. The second-order valence-electron chi connectivity index (χ2n) is 7.07. The lowest BCUT2D eigenvalue weighted by Crippen LogP contribution is -2.30. The summed E-state index contributed by atoms with van der Waals surface area (Å²) in [5, 5.41) is 9.99. The lowest BCUT2D eigenvalue weighted by molar-refractivity contribution is 0.557. The number of halogens is 1. The molecule has 0 fully saturated rings. The van der Waals surface area contributed by atoms with Crippen LogP contribution in [-0.4, -0.2) is 28.9 Å². The van der Waals surface area contributed by atoms with E-state index >= 15 is 0 Å². The van der Waals surface area contributed by atoms with Crippen LogP contribution in [-0.2, 0) is 15.8 Å². The molecule has 160 valence electrons. The molecule has 1 aromatic heterocycles. The molecule has 0 aliphatic carbocycles. The maximum absolute atomic E-state index is 12.1. The summed E-state index contributed by atoms with van der Waals surface area (Å²) in [4.78, 5) is 0. The van der Waals surface area contributed by atoms with Crippen LogP contribution in [0.25, 0.3) is 5.69 Å². The van der Waals surface area contributed by atoms with E-state index in [-0.39, 0.29) is 5.75 Å². The molecule has 1 unspecified atom stereocenters. The molecule has 0 aliphatic rings. The lowest BCUT2D eigenvalue weighted by atomic mass is 10.1. The van der Waals surface area contributed by atoms with Crippen molar-refractivity contribution < 1.29 is 8.42 Å². The fraction of sp³-hybridized carbons (Fsp3) is 0.333. The van der Waals surface area contributed by atoms with Gasteiger partial charge in [-0.15, -0.1) is 10.2 Å². The number of nitrogens with zero attached hydrogens (tertiary/aromatic N) is 3. The van der Waals surface area contributed by atoms with E-state index in [1.165, 1.54) is 11.1 Å². The van der Waals surface area contributed by atoms with Crippen LogP contribution in [0.4, 0.5) is 0 Å². The van der Waals surface area contributed by atoms with Gasteiger partial charge in [-0.2, -0.15) is 0 Å². The first-order chi connectivity index (χ1) is 14.2. The zero-order valence-electron chi connectivity index (χ0n) is 17.4. The summed E-state index contributed by atoms with van der Waals surface area (Å²) in [6.45, 7) is 7.43. The van der Waals surface area contributed by atoms with E-state index in [1.54, 1.807) is 25.6 Å². The SMILES string of the molecule is CCS(=O)(=O)NC(C)c1nnc(SCc2ccccc2C)n1-c1cc(Cl)ccc1C. The Kier molecular flexibility index (Phi) is 7.23. The van der Waals surface area contributed by atoms with Gasteiger partial charge in [0.15, 0.2) is 11.0 Å². The largest absolute Gasteiger partial charge is 0.272 e. The third-order valence-electron chi connectivity index (χ3n) is 4.81. The molecule has 2 aromatic carbocycles. The Morgan fingerprint density at radius 1 is 1.13 bits per heavy atom. The minimum absolute atomic E-state index is 0.00341. The summed E-state index contributed by atoms with van der Waals surface area (Å²) in [7, 11) is -3.40. The fourth-order valence-electron chi connectivity index (χ4n) is 3.02. The van der Waals surface area contributed by atoms with Crippen molar-refractivity contribution in [1.82, 2.24) is 19.5 Å². The molecular formula is C21H25ClN4O2S2. The van der Waals surface area contributed by atoms with E-state index in [4.69, 9.17) is 11.6 Å². The Hall–Kier alpha value is -1.87. The predicted molar refractivity (Wildman–Crippen MR) is 123 cm³/mol. The van der Waals surface area contributed by atoms with Crippen LogP contribution in [0.1, 0.15) is 42.4 Å². The third-order valence-corrected chi connectivity index (χ3v) is 7.50. The van der Waals surface area contributed by atoms with Crippen LogP contribution < -0.4 is 4.72 Å². The average Bonchev–Trinajstić information content (AvgIpc) is 3.13. The van der Waals surface area contributed by atoms with E-state index in [0.29, 0.717) is 16.0 Å². The highest BCUT2D eigenvalue weighted by Crippen LogP contribution is 2.31. The van der Waals surface area contributed by atoms with Gasteiger partial charge in [0, 0.05) is 10.8 Å². The van der Waals surface area contributed by atoms with Gasteiger partial charge < -0.3 is 0 Å². The van der Waals surface area contributed by atoms with Crippen LogP contribution in [0, 0.1) is 13.8 Å². The van der Waals surface area contributed by atoms with Crippen molar-refractivity contribution >= 4 is 33.4 Å². The number of aryl methyl sites for hydroxylation is 2. The van der Waals surface area contributed by atoms with E-state index in [1.807, 2.05) is 41.8 Å². The van der Waals surface area contributed by atoms with Crippen LogP contribution in [0.3, 0.4) is 0 Å². The Balaban J connectivity index is 2.03. The van der Waals surface area contributed by atoms with Gasteiger partial charge in [-0.1, -0.05) is 53.7 Å². The highest BCUT2D eigenvalue weighted by molar-refractivity contribution is 7.98. The molecule has 3 aromatic rings. The maximum Gasteiger partial charge on any atom is 0.211 e. The Morgan fingerprint density at radius 3 is 2.57 bits per heavy atom. The van der Waals surface area contributed by atoms with Crippen LogP contribution >= 0.6 is 23.4 Å². The Bertz CT molecular complexity index is 1150. The van der Waals surface area contributed by atoms with Crippen molar-refractivity contribution in [2.75, 3.05) is 5.75 Å². The van der Waals surface area contributed by atoms with Crippen molar-refractivity contribution in [3.05, 3.63) is 70.0 Å². The molecule has 0 spiro atoms. The van der Waals surface area contributed by atoms with Crippen LogP contribution in [0.5, 0.6) is 0 Å². The molecule has 0 radical (unpaired) electrons. The maximum atomic E-state index is 12.1. The zero-order valence-corrected chi connectivity index (χ0v) is 19.8. The van der Waals surface area contributed by atoms with Gasteiger partial charge in [0.1, 0.15) is 0 Å². The first-order valence-corrected chi connectivity index (χ1v) is 12.6. The smallest absolute Gasteiger partial charge is 0.211 e. The highest BCUT2D eigenvalue weighted by Gasteiger charge is 2.24. The van der Waals surface area contributed by atoms with Crippen molar-refractivity contribution in [1.29, 1.82) is 0 Å². The van der Waals surface area contributed by atoms with Crippen molar-refractivity contribution in [2.45, 2.75) is 44.6 Å². The number of sulfonamides is 1. The van der Waals surface area contributed by atoms with Gasteiger partial charge in [-0.3, -0.25) is 4.57 Å². The third kappa shape index (κ3) is 5.24. The lowest BCUT2D eigenvalue weighted by Gasteiger charge is -2.17. The van der Waals surface area contributed by atoms with Gasteiger partial charge in [-0.25, -0.2) is 13.1 Å². The normalized spacial score (nSPS) is 12.8. The number of benzene rings is 2. The number of thioether (sulfide) groups is 1. The van der Waals surface area contributed by atoms with E-state index in [9.17, 15) is 8.42 Å². The predicted octanol–water partition coefficient (Wildman–Crippen LogP) is 4.83. The summed E-state index contributed by atoms with van der Waals surface area (Å²) < 4.78 is 28.8. The number of hydrogen-bond acceptors (Lipinski definition) is 5. The first-order valence-electron chi connectivity index (χ1n) is 9.61. The molecule has 1 N–H and O–H groups in total. The van der Waals surface area contributed by atoms with Gasteiger partial charge in [0.25, 0.3) is 0 Å². The summed E-state index contributed by atoms with van der Waals surface area (Å²) in [6.07, 6.45) is 0. The van der Waals surface area contributed by atoms with E-state index < -0.39 is 16.1 Å². The molecule has 6 nitrogen and oxygen atoms in total. The number of nitrogens with one attached hydrogen (secondary N) is 1. The topological polar surface area (TPSA) is 76.9 Å². The van der Waals surface area contributed by atoms with Crippen molar-refractivity contribution in [3.8, 4) is 5.69 Å². The standard InChI is InChI=1S/C21H25ClN4O2S2/c1-5-30(27,28)25-16(4)20-23-24-21(29-13-17-9-7-6-8-14(17)2)26(20)19-12-18(22)11-10-15(19)3/h6-12,16,25H,5,13H2,1-4H3. The zero-order chi connectivity index (χ0) is 21.9. The fourth-order valence-corrected chi connectivity index (χ4v) is 5.03. The van der Waals surface area contributed by atoms with Crippen molar-refractivity contribution in [3.63, 3.8) is 0 Å². The van der Waals surface area contributed by atoms with E-state index in [0.717, 1.165) is 17.0 Å². The first kappa shape index (κ1) is 22.8. The average molecular weight is 465 g/mol. The minimum Gasteiger partial charge on any atom is -0.272 e. The van der Waals surface area contributed by atoms with Crippen molar-refractivity contribution in [2.24, 2.45) is 0 Å². The quantitative estimate of drug-likeness (QED) is 0.483. The molecule has 9 heteroatoms. The second kappa shape index (κ2) is 9.51. The number of aromatic nitrogens is 3. The van der Waals surface area contributed by atoms with Gasteiger partial charge in [0.05, 0.1) is 17.5 Å². The van der Waals surface area contributed by atoms with E-state index in [2.05, 4.69) is 34.0 Å². The molecular weight excluding hydrogens is 440 g/mol. The number of rotatable bonds is 8. The molecule has 0 amide bonds. The Labute approximate surface area is 187 Å². The number of hydrogen-bond donors (Lipinski definition) is 1. The summed E-state index contributed by atoms with van der Waals surface area (Å²) >= 11 is 7.82. The molecule has 1 heterocycles. The van der Waals surface area contributed by atoms with Gasteiger partial charge in [0.2, 0.25) is 10.0 Å². The minimum atomic E-state index is -3.40. The van der Waals surface area contributed by atoms with Crippen LogP contribution in [0.2, 0.25) is 5.02 Å². The summed E-state index contributed by atoms with van der Waals surface area (Å²) in [5.74, 6) is 1.24. The summed E-state index contributed by atoms with van der Waals surface area (Å²) in [5.41, 5.74) is 4.24. The van der Waals surface area contributed by atoms with Gasteiger partial charge >= 0.3 is 0 Å². The molecule has 0 bridgehead atoms. The molecule has 3 rings (SSSR count). The molecule has 0 saturated heterocycles.